The van der Waals surface area contributed by atoms with Crippen LogP contribution in [0, 0.1) is 0 Å². The number of carbonyl (C=O) groups excluding carboxylic acids is 1. The molecular formula is C7H13NO3. The third-order valence-electron chi connectivity index (χ3n) is 1.35. The third kappa shape index (κ3) is 6.99. The maximum Gasteiger partial charge on any atom is 0.303 e. The van der Waals surface area contributed by atoms with Crippen molar-refractivity contribution in [2.24, 2.45) is 5.73 Å². The summed E-state index contributed by atoms with van der Waals surface area (Å²) in [7, 11) is 0. The third-order valence-corrected chi connectivity index (χ3v) is 1.35. The van der Waals surface area contributed by atoms with Crippen molar-refractivity contribution in [3.63, 3.8) is 0 Å². The van der Waals surface area contributed by atoms with Gasteiger partial charge in [0.25, 0.3) is 0 Å². The van der Waals surface area contributed by atoms with Crippen LogP contribution in [0.4, 0.5) is 0 Å². The summed E-state index contributed by atoms with van der Waals surface area (Å²) in [6.45, 7) is 0. The molecule has 3 N–H and O–H groups in total. The molecule has 0 unspecified atom stereocenters. The SMILES string of the molecule is N[C@H](C=O)CCCCC(=O)O. The van der Waals surface area contributed by atoms with E-state index in [1.807, 2.05) is 0 Å². The van der Waals surface area contributed by atoms with Gasteiger partial charge in [-0.05, 0) is 12.8 Å². The van der Waals surface area contributed by atoms with Crippen molar-refractivity contribution in [2.75, 3.05) is 0 Å². The molecule has 4 nitrogen and oxygen atoms in total. The molecule has 0 aliphatic heterocycles. The summed E-state index contributed by atoms with van der Waals surface area (Å²) in [5.74, 6) is -0.801. The number of carboxylic acids is 1. The Hall–Kier alpha value is -0.900. The van der Waals surface area contributed by atoms with Crippen LogP contribution in [0.1, 0.15) is 25.7 Å². The molecule has 0 aromatic heterocycles. The average Bonchev–Trinajstić information content (AvgIpc) is 1.97. The zero-order valence-electron chi connectivity index (χ0n) is 6.32. The van der Waals surface area contributed by atoms with Crippen LogP contribution in [0.3, 0.4) is 0 Å². The molecule has 0 aliphatic carbocycles. The van der Waals surface area contributed by atoms with E-state index in [1.54, 1.807) is 0 Å². The van der Waals surface area contributed by atoms with Gasteiger partial charge in [-0.1, -0.05) is 6.42 Å². The molecule has 0 spiro atoms. The van der Waals surface area contributed by atoms with Crippen LogP contribution in [-0.4, -0.2) is 23.4 Å². The predicted octanol–water partition coefficient (Wildman–Crippen LogP) is 0.158. The highest BCUT2D eigenvalue weighted by atomic mass is 16.4. The van der Waals surface area contributed by atoms with Crippen molar-refractivity contribution < 1.29 is 14.7 Å². The van der Waals surface area contributed by atoms with Gasteiger partial charge in [-0.3, -0.25) is 4.79 Å². The van der Waals surface area contributed by atoms with Crippen LogP contribution in [0.25, 0.3) is 0 Å². The summed E-state index contributed by atoms with van der Waals surface area (Å²) in [5, 5.41) is 8.24. The molecule has 64 valence electrons. The fraction of sp³-hybridized carbons (Fsp3) is 0.714. The number of rotatable bonds is 6. The summed E-state index contributed by atoms with van der Waals surface area (Å²) in [4.78, 5) is 20.0. The van der Waals surface area contributed by atoms with Crippen molar-refractivity contribution in [3.05, 3.63) is 0 Å². The largest absolute Gasteiger partial charge is 0.481 e. The Morgan fingerprint density at radius 2 is 2.18 bits per heavy atom. The molecule has 0 aromatic rings. The molecule has 4 heteroatoms. The van der Waals surface area contributed by atoms with Crippen LogP contribution < -0.4 is 5.73 Å². The Labute approximate surface area is 65.4 Å². The number of aldehydes is 1. The number of hydrogen-bond donors (Lipinski definition) is 2. The number of hydrogen-bond acceptors (Lipinski definition) is 3. The minimum Gasteiger partial charge on any atom is -0.481 e. The van der Waals surface area contributed by atoms with Gasteiger partial charge < -0.3 is 15.6 Å². The van der Waals surface area contributed by atoms with Gasteiger partial charge in [0.2, 0.25) is 0 Å². The van der Waals surface area contributed by atoms with E-state index in [-0.39, 0.29) is 6.42 Å². The molecule has 0 saturated heterocycles. The van der Waals surface area contributed by atoms with Crippen LogP contribution in [0.15, 0.2) is 0 Å². The van der Waals surface area contributed by atoms with E-state index in [0.29, 0.717) is 25.5 Å². The summed E-state index contributed by atoms with van der Waals surface area (Å²) in [6.07, 6.45) is 2.71. The van der Waals surface area contributed by atoms with Crippen LogP contribution in [0.5, 0.6) is 0 Å². The fourth-order valence-corrected chi connectivity index (χ4v) is 0.724. The van der Waals surface area contributed by atoms with Gasteiger partial charge in [-0.2, -0.15) is 0 Å². The first-order valence-electron chi connectivity index (χ1n) is 3.59. The van der Waals surface area contributed by atoms with E-state index in [4.69, 9.17) is 10.8 Å². The van der Waals surface area contributed by atoms with Crippen molar-refractivity contribution in [1.82, 2.24) is 0 Å². The Kier molecular flexibility index (Phi) is 5.37. The van der Waals surface area contributed by atoms with E-state index in [2.05, 4.69) is 0 Å². The maximum atomic E-state index is 10.0. The van der Waals surface area contributed by atoms with Crippen molar-refractivity contribution in [2.45, 2.75) is 31.7 Å². The van der Waals surface area contributed by atoms with Crippen LogP contribution in [0.2, 0.25) is 0 Å². The van der Waals surface area contributed by atoms with Gasteiger partial charge in [0, 0.05) is 6.42 Å². The van der Waals surface area contributed by atoms with E-state index < -0.39 is 12.0 Å². The Morgan fingerprint density at radius 1 is 1.55 bits per heavy atom. The Balaban J connectivity index is 3.14. The van der Waals surface area contributed by atoms with Gasteiger partial charge in [0.05, 0.1) is 6.04 Å². The lowest BCUT2D eigenvalue weighted by molar-refractivity contribution is -0.137. The highest BCUT2D eigenvalue weighted by Crippen LogP contribution is 2.00. The second-order valence-corrected chi connectivity index (χ2v) is 2.44. The predicted molar refractivity (Wildman–Crippen MR) is 40.1 cm³/mol. The first-order valence-corrected chi connectivity index (χ1v) is 3.59. The zero-order valence-corrected chi connectivity index (χ0v) is 6.32. The fourth-order valence-electron chi connectivity index (χ4n) is 0.724. The molecule has 1 atom stereocenters. The molecule has 0 amide bonds. The lowest BCUT2D eigenvalue weighted by Crippen LogP contribution is -2.20. The number of carbonyl (C=O) groups is 2. The topological polar surface area (TPSA) is 80.4 Å². The monoisotopic (exact) mass is 159 g/mol. The van der Waals surface area contributed by atoms with E-state index in [0.717, 1.165) is 0 Å². The average molecular weight is 159 g/mol. The molecule has 11 heavy (non-hydrogen) atoms. The van der Waals surface area contributed by atoms with Gasteiger partial charge in [0.15, 0.2) is 0 Å². The minimum atomic E-state index is -0.801. The quantitative estimate of drug-likeness (QED) is 0.427. The molecule has 0 bridgehead atoms. The smallest absolute Gasteiger partial charge is 0.303 e. The Bertz CT molecular complexity index is 136. The highest BCUT2D eigenvalue weighted by molar-refractivity contribution is 5.66. The number of aliphatic carboxylic acids is 1. The van der Waals surface area contributed by atoms with Crippen LogP contribution >= 0.6 is 0 Å². The number of unbranched alkanes of at least 4 members (excludes halogenated alkanes) is 1. The van der Waals surface area contributed by atoms with Gasteiger partial charge in [-0.15, -0.1) is 0 Å². The molecule has 0 radical (unpaired) electrons. The second-order valence-electron chi connectivity index (χ2n) is 2.44. The van der Waals surface area contributed by atoms with E-state index in [9.17, 15) is 9.59 Å². The van der Waals surface area contributed by atoms with E-state index in [1.165, 1.54) is 0 Å². The molecule has 0 heterocycles. The molecule has 0 fully saturated rings. The maximum absolute atomic E-state index is 10.0. The lowest BCUT2D eigenvalue weighted by Gasteiger charge is -2.00. The number of carboxylic acid groups (broad SMARTS) is 1. The lowest BCUT2D eigenvalue weighted by atomic mass is 10.1. The summed E-state index contributed by atoms with van der Waals surface area (Å²) in [5.41, 5.74) is 5.27. The molecule has 0 aromatic carbocycles. The highest BCUT2D eigenvalue weighted by Gasteiger charge is 2.00. The first kappa shape index (κ1) is 10.1. The molecular weight excluding hydrogens is 146 g/mol. The van der Waals surface area contributed by atoms with Crippen molar-refractivity contribution in [1.29, 1.82) is 0 Å². The normalized spacial score (nSPS) is 12.5. The van der Waals surface area contributed by atoms with Crippen molar-refractivity contribution in [3.8, 4) is 0 Å². The minimum absolute atomic E-state index is 0.158. The molecule has 0 rings (SSSR count). The number of nitrogens with two attached hydrogens (primary N) is 1. The molecule has 0 aliphatic rings. The summed E-state index contributed by atoms with van der Waals surface area (Å²) >= 11 is 0. The van der Waals surface area contributed by atoms with Gasteiger partial charge in [-0.25, -0.2) is 0 Å². The Morgan fingerprint density at radius 3 is 2.64 bits per heavy atom. The van der Waals surface area contributed by atoms with Gasteiger partial charge >= 0.3 is 5.97 Å². The summed E-state index contributed by atoms with van der Waals surface area (Å²) < 4.78 is 0. The summed E-state index contributed by atoms with van der Waals surface area (Å²) in [6, 6.07) is -0.427. The standard InChI is InChI=1S/C7H13NO3/c8-6(5-9)3-1-2-4-7(10)11/h5-6H,1-4,8H2,(H,10,11)/t6-/m0/s1. The second kappa shape index (κ2) is 5.85. The first-order chi connectivity index (χ1) is 5.16. The van der Waals surface area contributed by atoms with Crippen molar-refractivity contribution >= 4 is 12.3 Å². The van der Waals surface area contributed by atoms with E-state index >= 15 is 0 Å². The molecule has 0 saturated carbocycles. The zero-order chi connectivity index (χ0) is 8.69. The van der Waals surface area contributed by atoms with Crippen LogP contribution in [-0.2, 0) is 9.59 Å². The van der Waals surface area contributed by atoms with Gasteiger partial charge in [0.1, 0.15) is 6.29 Å².